The number of anilines is 1. The van der Waals surface area contributed by atoms with E-state index in [1.165, 1.54) is 40.7 Å². The number of amides is 2. The fourth-order valence-electron chi connectivity index (χ4n) is 3.41. The lowest BCUT2D eigenvalue weighted by molar-refractivity contribution is -0.122. The van der Waals surface area contributed by atoms with Crippen molar-refractivity contribution in [1.82, 2.24) is 4.31 Å². The van der Waals surface area contributed by atoms with Gasteiger partial charge in [-0.2, -0.15) is 4.31 Å². The number of nitrogens with one attached hydrogen (secondary N) is 1. The van der Waals surface area contributed by atoms with Crippen LogP contribution in [0.5, 0.6) is 5.75 Å². The molecule has 1 aliphatic heterocycles. The zero-order chi connectivity index (χ0) is 22.6. The van der Waals surface area contributed by atoms with Crippen LogP contribution >= 0.6 is 0 Å². The van der Waals surface area contributed by atoms with Crippen molar-refractivity contribution in [2.24, 2.45) is 11.7 Å². The normalized spacial score (nSPS) is 15.4. The second kappa shape index (κ2) is 9.44. The Morgan fingerprint density at radius 2 is 1.87 bits per heavy atom. The third kappa shape index (κ3) is 5.02. The lowest BCUT2D eigenvalue weighted by Gasteiger charge is -2.29. The number of hydrogen-bond donors (Lipinski definition) is 2. The molecule has 1 heterocycles. The van der Waals surface area contributed by atoms with Gasteiger partial charge >= 0.3 is 0 Å². The Morgan fingerprint density at radius 1 is 1.19 bits per heavy atom. The molecule has 31 heavy (non-hydrogen) atoms. The number of hydrogen-bond acceptors (Lipinski definition) is 5. The molecule has 166 valence electrons. The van der Waals surface area contributed by atoms with Gasteiger partial charge in [-0.1, -0.05) is 12.1 Å². The maximum Gasteiger partial charge on any atom is 0.258 e. The topological polar surface area (TPSA) is 119 Å². The summed E-state index contributed by atoms with van der Waals surface area (Å²) < 4.78 is 46.9. The zero-order valence-electron chi connectivity index (χ0n) is 17.0. The maximum atomic E-state index is 14.0. The summed E-state index contributed by atoms with van der Waals surface area (Å²) in [6, 6.07) is 9.61. The van der Waals surface area contributed by atoms with Crippen LogP contribution in [0.4, 0.5) is 10.1 Å². The summed E-state index contributed by atoms with van der Waals surface area (Å²) in [5, 5.41) is 2.54. The Morgan fingerprint density at radius 3 is 2.48 bits per heavy atom. The van der Waals surface area contributed by atoms with Crippen molar-refractivity contribution in [1.29, 1.82) is 0 Å². The van der Waals surface area contributed by atoms with E-state index in [2.05, 4.69) is 5.32 Å². The Balaban J connectivity index is 1.88. The molecule has 0 atom stereocenters. The van der Waals surface area contributed by atoms with E-state index in [1.54, 1.807) is 6.92 Å². The molecule has 3 N–H and O–H groups in total. The molecule has 0 aliphatic carbocycles. The molecule has 1 fully saturated rings. The molecule has 3 rings (SSSR count). The molecular formula is C21H24FN3O5S. The number of primary amides is 1. The van der Waals surface area contributed by atoms with Crippen molar-refractivity contribution < 1.29 is 27.1 Å². The third-order valence-electron chi connectivity index (χ3n) is 5.11. The first-order chi connectivity index (χ1) is 14.7. The van der Waals surface area contributed by atoms with Crippen LogP contribution in [0.2, 0.25) is 0 Å². The Labute approximate surface area is 180 Å². The number of carbonyl (C=O) groups is 2. The van der Waals surface area contributed by atoms with E-state index in [4.69, 9.17) is 10.5 Å². The Kier molecular flexibility index (Phi) is 6.91. The summed E-state index contributed by atoms with van der Waals surface area (Å²) in [6.07, 6.45) is 0.699. The number of nitrogens with two attached hydrogens (primary N) is 1. The molecule has 2 aromatic rings. The van der Waals surface area contributed by atoms with Crippen molar-refractivity contribution in [3.63, 3.8) is 0 Å². The van der Waals surface area contributed by atoms with E-state index in [0.717, 1.165) is 6.07 Å². The van der Waals surface area contributed by atoms with Gasteiger partial charge in [0.2, 0.25) is 15.9 Å². The van der Waals surface area contributed by atoms with Gasteiger partial charge < -0.3 is 15.8 Å². The van der Waals surface area contributed by atoms with Crippen LogP contribution in [0, 0.1) is 11.7 Å². The number of nitrogens with zero attached hydrogens (tertiary/aromatic N) is 1. The Hall–Kier alpha value is -2.98. The molecule has 0 bridgehead atoms. The second-order valence-corrected chi connectivity index (χ2v) is 9.04. The fraction of sp³-hybridized carbons (Fsp3) is 0.333. The summed E-state index contributed by atoms with van der Waals surface area (Å²) in [5.74, 6) is -1.94. The number of piperidine rings is 1. The highest BCUT2D eigenvalue weighted by Crippen LogP contribution is 2.31. The largest absolute Gasteiger partial charge is 0.492 e. The van der Waals surface area contributed by atoms with Gasteiger partial charge in [-0.25, -0.2) is 12.8 Å². The van der Waals surface area contributed by atoms with E-state index in [0.29, 0.717) is 12.8 Å². The van der Waals surface area contributed by atoms with Crippen molar-refractivity contribution in [3.8, 4) is 5.75 Å². The van der Waals surface area contributed by atoms with E-state index < -0.39 is 27.7 Å². The van der Waals surface area contributed by atoms with Gasteiger partial charge in [0.05, 0.1) is 22.8 Å². The number of sulfonamides is 1. The SMILES string of the molecule is CCOc1ccc(S(=O)(=O)N2CCC(C(N)=O)CC2)cc1NC(=O)c1ccccc1F. The highest BCUT2D eigenvalue weighted by molar-refractivity contribution is 7.89. The monoisotopic (exact) mass is 449 g/mol. The van der Waals surface area contributed by atoms with Crippen LogP contribution in [0.25, 0.3) is 0 Å². The molecule has 0 saturated carbocycles. The van der Waals surface area contributed by atoms with Gasteiger partial charge in [0.25, 0.3) is 5.91 Å². The van der Waals surface area contributed by atoms with Gasteiger partial charge in [0.15, 0.2) is 0 Å². The standard InChI is InChI=1S/C21H24FN3O5S/c1-2-30-19-8-7-15(31(28,29)25-11-9-14(10-12-25)20(23)26)13-18(19)24-21(27)16-5-3-4-6-17(16)22/h3-8,13-14H,2,9-12H2,1H3,(H2,23,26)(H,24,27). The molecule has 10 heteroatoms. The maximum absolute atomic E-state index is 14.0. The van der Waals surface area contributed by atoms with E-state index >= 15 is 0 Å². The minimum Gasteiger partial charge on any atom is -0.492 e. The van der Waals surface area contributed by atoms with Crippen molar-refractivity contribution in [2.45, 2.75) is 24.7 Å². The lowest BCUT2D eigenvalue weighted by Crippen LogP contribution is -2.41. The number of halogens is 1. The van der Waals surface area contributed by atoms with Crippen LogP contribution in [0.15, 0.2) is 47.4 Å². The molecule has 1 aliphatic rings. The molecule has 0 spiro atoms. The van der Waals surface area contributed by atoms with Crippen LogP contribution < -0.4 is 15.8 Å². The third-order valence-corrected chi connectivity index (χ3v) is 7.01. The Bertz CT molecular complexity index is 1080. The predicted molar refractivity (Wildman–Crippen MR) is 113 cm³/mol. The average molecular weight is 450 g/mol. The molecule has 0 radical (unpaired) electrons. The minimum absolute atomic E-state index is 0.0442. The first kappa shape index (κ1) is 22.7. The first-order valence-corrected chi connectivity index (χ1v) is 11.3. The molecule has 8 nitrogen and oxygen atoms in total. The van der Waals surface area contributed by atoms with Crippen molar-refractivity contribution in [3.05, 3.63) is 53.8 Å². The van der Waals surface area contributed by atoms with Gasteiger partial charge in [-0.15, -0.1) is 0 Å². The summed E-state index contributed by atoms with van der Waals surface area (Å²) in [5.41, 5.74) is 5.25. The fourth-order valence-corrected chi connectivity index (χ4v) is 4.91. The summed E-state index contributed by atoms with van der Waals surface area (Å²) >= 11 is 0. The van der Waals surface area contributed by atoms with Gasteiger partial charge in [-0.05, 0) is 50.1 Å². The molecule has 0 unspecified atom stereocenters. The highest BCUT2D eigenvalue weighted by Gasteiger charge is 2.32. The first-order valence-electron chi connectivity index (χ1n) is 9.86. The van der Waals surface area contributed by atoms with E-state index in [1.807, 2.05) is 0 Å². The van der Waals surface area contributed by atoms with Gasteiger partial charge in [0.1, 0.15) is 11.6 Å². The molecule has 2 amide bonds. The van der Waals surface area contributed by atoms with Crippen molar-refractivity contribution >= 4 is 27.5 Å². The lowest BCUT2D eigenvalue weighted by atomic mass is 9.98. The minimum atomic E-state index is -3.87. The summed E-state index contributed by atoms with van der Waals surface area (Å²) in [7, 11) is -3.87. The quantitative estimate of drug-likeness (QED) is 0.673. The van der Waals surface area contributed by atoms with Gasteiger partial charge in [0, 0.05) is 19.0 Å². The number of benzene rings is 2. The molecule has 0 aromatic heterocycles. The number of rotatable bonds is 7. The van der Waals surface area contributed by atoms with Crippen molar-refractivity contribution in [2.75, 3.05) is 25.0 Å². The smallest absolute Gasteiger partial charge is 0.258 e. The predicted octanol–water partition coefficient (Wildman–Crippen LogP) is 2.36. The summed E-state index contributed by atoms with van der Waals surface area (Å²) in [4.78, 5) is 23.8. The van der Waals surface area contributed by atoms with Crippen LogP contribution in [-0.2, 0) is 14.8 Å². The average Bonchev–Trinajstić information content (AvgIpc) is 2.75. The van der Waals surface area contributed by atoms with Crippen LogP contribution in [-0.4, -0.2) is 44.2 Å². The second-order valence-electron chi connectivity index (χ2n) is 7.11. The van der Waals surface area contributed by atoms with E-state index in [-0.39, 0.29) is 47.5 Å². The number of carbonyl (C=O) groups excluding carboxylic acids is 2. The molecule has 2 aromatic carbocycles. The van der Waals surface area contributed by atoms with Gasteiger partial charge in [-0.3, -0.25) is 9.59 Å². The van der Waals surface area contributed by atoms with Crippen LogP contribution in [0.3, 0.4) is 0 Å². The van der Waals surface area contributed by atoms with E-state index in [9.17, 15) is 22.4 Å². The highest BCUT2D eigenvalue weighted by atomic mass is 32.2. The number of ether oxygens (including phenoxy) is 1. The summed E-state index contributed by atoms with van der Waals surface area (Å²) in [6.45, 7) is 2.37. The molecule has 1 saturated heterocycles. The van der Waals surface area contributed by atoms with Crippen LogP contribution in [0.1, 0.15) is 30.1 Å². The molecular weight excluding hydrogens is 425 g/mol. The zero-order valence-corrected chi connectivity index (χ0v) is 17.8.